The van der Waals surface area contributed by atoms with Crippen LogP contribution in [0.5, 0.6) is 5.75 Å². The molecule has 1 saturated carbocycles. The fourth-order valence-corrected chi connectivity index (χ4v) is 3.78. The maximum atomic E-state index is 12.5. The molecular weight excluding hydrogens is 402 g/mol. The average molecular weight is 424 g/mol. The molecule has 0 radical (unpaired) electrons. The molecule has 1 N–H and O–H groups in total. The van der Waals surface area contributed by atoms with E-state index in [1.807, 2.05) is 4.68 Å². The number of nitrogens with one attached hydrogen (secondary N) is 1. The Bertz CT molecular complexity index is 1020. The fourth-order valence-electron chi connectivity index (χ4n) is 3.65. The molecule has 154 valence electrons. The van der Waals surface area contributed by atoms with Gasteiger partial charge in [0, 0.05) is 22.2 Å². The van der Waals surface area contributed by atoms with Crippen LogP contribution in [-0.2, 0) is 4.79 Å². The minimum Gasteiger partial charge on any atom is -0.484 e. The fraction of sp³-hybridized carbons (Fsp3) is 0.261. The van der Waals surface area contributed by atoms with Gasteiger partial charge in [-0.25, -0.2) is 4.68 Å². The number of halogens is 1. The second kappa shape index (κ2) is 9.13. The van der Waals surface area contributed by atoms with E-state index >= 15 is 0 Å². The van der Waals surface area contributed by atoms with Gasteiger partial charge in [0.2, 0.25) is 0 Å². The minimum absolute atomic E-state index is 0.101. The summed E-state index contributed by atoms with van der Waals surface area (Å²) in [4.78, 5) is 24.8. The first-order chi connectivity index (χ1) is 14.6. The molecule has 1 amide bonds. The van der Waals surface area contributed by atoms with Gasteiger partial charge in [0.25, 0.3) is 5.91 Å². The van der Waals surface area contributed by atoms with E-state index in [-0.39, 0.29) is 18.3 Å². The zero-order chi connectivity index (χ0) is 20.9. The van der Waals surface area contributed by atoms with Crippen molar-refractivity contribution in [3.8, 4) is 5.75 Å². The molecule has 0 saturated heterocycles. The Morgan fingerprint density at radius 3 is 2.30 bits per heavy atom. The second-order valence-electron chi connectivity index (χ2n) is 7.30. The molecule has 1 aliphatic carbocycles. The Labute approximate surface area is 179 Å². The summed E-state index contributed by atoms with van der Waals surface area (Å²) in [6, 6.07) is 15.6. The molecule has 2 aromatic carbocycles. The summed E-state index contributed by atoms with van der Waals surface area (Å²) in [6.07, 6.45) is 6.25. The lowest BCUT2D eigenvalue weighted by molar-refractivity contribution is -0.118. The van der Waals surface area contributed by atoms with Gasteiger partial charge in [-0.1, -0.05) is 24.4 Å². The van der Waals surface area contributed by atoms with Crippen LogP contribution in [0, 0.1) is 0 Å². The normalized spacial score (nSPS) is 13.9. The number of benzene rings is 2. The summed E-state index contributed by atoms with van der Waals surface area (Å²) in [6.45, 7) is -0.125. The largest absolute Gasteiger partial charge is 0.484 e. The third-order valence-corrected chi connectivity index (χ3v) is 5.45. The van der Waals surface area contributed by atoms with E-state index in [0.29, 0.717) is 33.8 Å². The number of hydrogen-bond donors (Lipinski definition) is 1. The van der Waals surface area contributed by atoms with Crippen LogP contribution in [0.2, 0.25) is 5.02 Å². The Morgan fingerprint density at radius 2 is 1.63 bits per heavy atom. The molecule has 6 nitrogen and oxygen atoms in total. The van der Waals surface area contributed by atoms with Crippen LogP contribution >= 0.6 is 11.6 Å². The van der Waals surface area contributed by atoms with Crippen LogP contribution < -0.4 is 10.1 Å². The number of rotatable bonds is 7. The number of ether oxygens (including phenoxy) is 1. The van der Waals surface area contributed by atoms with Gasteiger partial charge >= 0.3 is 0 Å². The van der Waals surface area contributed by atoms with E-state index in [1.165, 1.54) is 12.8 Å². The van der Waals surface area contributed by atoms with Gasteiger partial charge in [-0.2, -0.15) is 5.10 Å². The van der Waals surface area contributed by atoms with Gasteiger partial charge in [-0.05, 0) is 61.4 Å². The van der Waals surface area contributed by atoms with E-state index in [0.717, 1.165) is 12.8 Å². The molecule has 0 aliphatic heterocycles. The predicted molar refractivity (Wildman–Crippen MR) is 115 cm³/mol. The Morgan fingerprint density at radius 1 is 1.00 bits per heavy atom. The highest BCUT2D eigenvalue weighted by Gasteiger charge is 2.20. The number of carbonyl (C=O) groups is 2. The number of aromatic nitrogens is 2. The first kappa shape index (κ1) is 20.2. The van der Waals surface area contributed by atoms with Crippen molar-refractivity contribution in [2.75, 3.05) is 11.9 Å². The van der Waals surface area contributed by atoms with Crippen molar-refractivity contribution in [1.29, 1.82) is 0 Å². The van der Waals surface area contributed by atoms with Crippen molar-refractivity contribution in [3.63, 3.8) is 0 Å². The molecule has 0 spiro atoms. The molecule has 0 unspecified atom stereocenters. The lowest BCUT2D eigenvalue weighted by Gasteiger charge is -2.14. The Hall–Kier alpha value is -3.12. The molecule has 30 heavy (non-hydrogen) atoms. The van der Waals surface area contributed by atoms with Crippen LogP contribution in [0.4, 0.5) is 5.82 Å². The topological polar surface area (TPSA) is 73.2 Å². The van der Waals surface area contributed by atoms with Crippen LogP contribution in [0.3, 0.4) is 0 Å². The van der Waals surface area contributed by atoms with Crippen molar-refractivity contribution in [3.05, 3.63) is 76.9 Å². The highest BCUT2D eigenvalue weighted by molar-refractivity contribution is 6.30. The Kier molecular flexibility index (Phi) is 6.14. The zero-order valence-corrected chi connectivity index (χ0v) is 17.1. The third kappa shape index (κ3) is 4.71. The van der Waals surface area contributed by atoms with Gasteiger partial charge in [-0.3, -0.25) is 9.59 Å². The number of ketones is 1. The van der Waals surface area contributed by atoms with Crippen LogP contribution in [0.25, 0.3) is 0 Å². The van der Waals surface area contributed by atoms with E-state index < -0.39 is 0 Å². The molecule has 1 aromatic heterocycles. The van der Waals surface area contributed by atoms with Crippen molar-refractivity contribution in [1.82, 2.24) is 9.78 Å². The smallest absolute Gasteiger partial charge is 0.263 e. The molecular formula is C23H22ClN3O3. The van der Waals surface area contributed by atoms with Crippen molar-refractivity contribution >= 4 is 29.1 Å². The van der Waals surface area contributed by atoms with E-state index in [9.17, 15) is 9.59 Å². The number of nitrogens with zero attached hydrogens (tertiary/aromatic N) is 2. The van der Waals surface area contributed by atoms with Crippen LogP contribution in [0.15, 0.2) is 60.8 Å². The first-order valence-electron chi connectivity index (χ1n) is 9.96. The standard InChI is InChI=1S/C23H22ClN3O3/c24-18-9-5-16(6-10-18)23(29)17-7-11-20(12-8-17)30-15-22(28)26-21-13-14-25-27(21)19-3-1-2-4-19/h5-14,19H,1-4,15H2,(H,26,28). The highest BCUT2D eigenvalue weighted by Crippen LogP contribution is 2.31. The van der Waals surface area contributed by atoms with E-state index in [1.54, 1.807) is 60.8 Å². The molecule has 3 aromatic rings. The molecule has 0 bridgehead atoms. The van der Waals surface area contributed by atoms with Crippen LogP contribution in [0.1, 0.15) is 47.6 Å². The van der Waals surface area contributed by atoms with Gasteiger partial charge in [0.15, 0.2) is 12.4 Å². The third-order valence-electron chi connectivity index (χ3n) is 5.20. The summed E-state index contributed by atoms with van der Waals surface area (Å²) < 4.78 is 7.46. The molecule has 7 heteroatoms. The summed E-state index contributed by atoms with van der Waals surface area (Å²) in [5.74, 6) is 0.855. The quantitative estimate of drug-likeness (QED) is 0.548. The molecule has 0 atom stereocenters. The van der Waals surface area contributed by atoms with Gasteiger partial charge in [0.05, 0.1) is 12.2 Å². The summed E-state index contributed by atoms with van der Waals surface area (Å²) in [5, 5.41) is 7.80. The number of carbonyl (C=O) groups excluding carboxylic acids is 2. The van der Waals surface area contributed by atoms with Crippen molar-refractivity contribution in [2.24, 2.45) is 0 Å². The first-order valence-corrected chi connectivity index (χ1v) is 10.3. The predicted octanol–water partition coefficient (Wildman–Crippen LogP) is 4.90. The zero-order valence-electron chi connectivity index (χ0n) is 16.4. The summed E-state index contributed by atoms with van der Waals surface area (Å²) >= 11 is 5.86. The van der Waals surface area contributed by atoms with E-state index in [2.05, 4.69) is 10.4 Å². The second-order valence-corrected chi connectivity index (χ2v) is 7.73. The number of hydrogen-bond acceptors (Lipinski definition) is 4. The molecule has 1 heterocycles. The SMILES string of the molecule is O=C(COc1ccc(C(=O)c2ccc(Cl)cc2)cc1)Nc1ccnn1C1CCCC1. The van der Waals surface area contributed by atoms with Crippen LogP contribution in [-0.4, -0.2) is 28.1 Å². The molecule has 4 rings (SSSR count). The van der Waals surface area contributed by atoms with E-state index in [4.69, 9.17) is 16.3 Å². The maximum Gasteiger partial charge on any atom is 0.263 e. The summed E-state index contributed by atoms with van der Waals surface area (Å²) in [7, 11) is 0. The van der Waals surface area contributed by atoms with Gasteiger partial charge in [0.1, 0.15) is 11.6 Å². The van der Waals surface area contributed by atoms with Crippen molar-refractivity contribution < 1.29 is 14.3 Å². The Balaban J connectivity index is 1.32. The number of amides is 1. The lowest BCUT2D eigenvalue weighted by atomic mass is 10.0. The van der Waals surface area contributed by atoms with Gasteiger partial charge in [-0.15, -0.1) is 0 Å². The summed E-state index contributed by atoms with van der Waals surface area (Å²) in [5.41, 5.74) is 1.10. The average Bonchev–Trinajstić information content (AvgIpc) is 3.44. The lowest BCUT2D eigenvalue weighted by Crippen LogP contribution is -2.23. The minimum atomic E-state index is -0.254. The van der Waals surface area contributed by atoms with Gasteiger partial charge < -0.3 is 10.1 Å². The monoisotopic (exact) mass is 423 g/mol. The highest BCUT2D eigenvalue weighted by atomic mass is 35.5. The van der Waals surface area contributed by atoms with Crippen molar-refractivity contribution in [2.45, 2.75) is 31.7 Å². The molecule has 1 aliphatic rings. The maximum absolute atomic E-state index is 12.5. The molecule has 1 fully saturated rings. The number of anilines is 1.